The van der Waals surface area contributed by atoms with Crippen LogP contribution in [0.15, 0.2) is 91.3 Å². The minimum atomic E-state index is -3.17. The molecule has 0 amide bonds. The third-order valence-electron chi connectivity index (χ3n) is 6.22. The summed E-state index contributed by atoms with van der Waals surface area (Å²) in [5, 5.41) is 1.50. The molecule has 178 valence electrons. The molecule has 1 unspecified atom stereocenters. The number of pyridine rings is 2. The van der Waals surface area contributed by atoms with Crippen molar-refractivity contribution in [2.45, 2.75) is 13.8 Å². The summed E-state index contributed by atoms with van der Waals surface area (Å²) in [6, 6.07) is 32.1. The van der Waals surface area contributed by atoms with Gasteiger partial charge in [-0.25, -0.2) is 16.1 Å². The Morgan fingerprint density at radius 3 is 2.44 bits per heavy atom. The van der Waals surface area contributed by atoms with Gasteiger partial charge in [0.25, 0.3) is 0 Å². The smallest absolute Gasteiger partial charge is 0.460 e. The Morgan fingerprint density at radius 2 is 1.61 bits per heavy atom. The van der Waals surface area contributed by atoms with Gasteiger partial charge in [0.1, 0.15) is 5.44 Å². The van der Waals surface area contributed by atoms with Crippen molar-refractivity contribution in [3.05, 3.63) is 115 Å². The first-order valence-corrected chi connectivity index (χ1v) is 13.1. The van der Waals surface area contributed by atoms with E-state index in [1.54, 1.807) is 12.4 Å². The van der Waals surface area contributed by atoms with Gasteiger partial charge in [-0.3, -0.25) is 4.98 Å². The zero-order chi connectivity index (χ0) is 24.0. The number of benzene rings is 3. The van der Waals surface area contributed by atoms with Gasteiger partial charge in [0.15, 0.2) is 7.14 Å². The van der Waals surface area contributed by atoms with Crippen molar-refractivity contribution in [2.75, 3.05) is 0 Å². The molecule has 6 rings (SSSR count). The van der Waals surface area contributed by atoms with E-state index < -0.39 is 7.14 Å². The molecule has 4 nitrogen and oxygen atoms in total. The van der Waals surface area contributed by atoms with E-state index in [4.69, 9.17) is 4.74 Å². The van der Waals surface area contributed by atoms with Crippen LogP contribution in [0.4, 0.5) is 0 Å². The Balaban J connectivity index is 0.00000267. The van der Waals surface area contributed by atoms with Crippen molar-refractivity contribution < 1.29 is 30.4 Å². The molecular formula is C30H21N2O2PPt. The fourth-order valence-electron chi connectivity index (χ4n) is 4.48. The van der Waals surface area contributed by atoms with Crippen LogP contribution in [0.1, 0.15) is 11.1 Å². The predicted octanol–water partition coefficient (Wildman–Crippen LogP) is 5.77. The molecule has 3 heterocycles. The summed E-state index contributed by atoms with van der Waals surface area (Å²) in [4.78, 5) is 8.86. The molecule has 0 bridgehead atoms. The minimum Gasteiger partial charge on any atom is -0.460 e. The van der Waals surface area contributed by atoms with Gasteiger partial charge in [0.2, 0.25) is 5.88 Å². The van der Waals surface area contributed by atoms with Crippen LogP contribution >= 0.6 is 7.14 Å². The van der Waals surface area contributed by atoms with Crippen LogP contribution in [0.2, 0.25) is 0 Å². The topological polar surface area (TPSA) is 52.1 Å². The molecule has 0 spiro atoms. The molecule has 0 radical (unpaired) electrons. The molecule has 0 saturated heterocycles. The van der Waals surface area contributed by atoms with Gasteiger partial charge in [-0.2, -0.15) is 24.3 Å². The Morgan fingerprint density at radius 1 is 0.778 bits per heavy atom. The van der Waals surface area contributed by atoms with Crippen LogP contribution in [-0.4, -0.2) is 9.97 Å². The van der Waals surface area contributed by atoms with Crippen LogP contribution in [0, 0.1) is 26.0 Å². The molecule has 0 fully saturated rings. The first kappa shape index (κ1) is 24.4. The fourth-order valence-corrected chi connectivity index (χ4v) is 7.45. The first-order valence-electron chi connectivity index (χ1n) is 11.4. The molecule has 1 atom stereocenters. The van der Waals surface area contributed by atoms with Gasteiger partial charge >= 0.3 is 21.1 Å². The molecule has 1 aliphatic rings. The number of ether oxygens (including phenoxy) is 1. The number of hydrogen-bond donors (Lipinski definition) is 0. The van der Waals surface area contributed by atoms with Crippen LogP contribution in [-0.2, 0) is 25.6 Å². The van der Waals surface area contributed by atoms with Crippen LogP contribution in [0.5, 0.6) is 11.6 Å². The summed E-state index contributed by atoms with van der Waals surface area (Å²) in [6.45, 7) is 3.94. The molecule has 36 heavy (non-hydrogen) atoms. The minimum absolute atomic E-state index is 0. The Bertz CT molecular complexity index is 1650. The molecule has 0 saturated carbocycles. The number of nitrogens with zero attached hydrogens (tertiary/aromatic N) is 2. The maximum atomic E-state index is 14.8. The first-order chi connectivity index (χ1) is 17.0. The summed E-state index contributed by atoms with van der Waals surface area (Å²) in [6.07, 6.45) is 3.43. The van der Waals surface area contributed by atoms with Gasteiger partial charge in [-0.05, 0) is 43.2 Å². The van der Waals surface area contributed by atoms with Gasteiger partial charge in [-0.1, -0.05) is 41.2 Å². The number of rotatable bonds is 4. The van der Waals surface area contributed by atoms with E-state index in [1.165, 1.54) is 0 Å². The van der Waals surface area contributed by atoms with E-state index >= 15 is 0 Å². The molecule has 2 aromatic heterocycles. The summed E-state index contributed by atoms with van der Waals surface area (Å²) in [5.74, 6) is 1.11. The molecular weight excluding hydrogens is 646 g/mol. The molecule has 3 aromatic carbocycles. The molecule has 0 N–H and O–H groups in total. The van der Waals surface area contributed by atoms with E-state index in [0.29, 0.717) is 22.4 Å². The van der Waals surface area contributed by atoms with Gasteiger partial charge in [0.05, 0.1) is 0 Å². The Hall–Kier alpha value is -3.32. The largest absolute Gasteiger partial charge is 2.00 e. The van der Waals surface area contributed by atoms with Crippen molar-refractivity contribution >= 4 is 23.2 Å². The SMILES string of the molecule is Cc1ccnc(P2(=O)c3[c-]c(-c4[c-]c(Oc5ncccc5C)ccc4)ccc3-c3ccccc32)c1.[Pt+2]. The maximum Gasteiger partial charge on any atom is 2.00 e. The molecule has 1 aliphatic heterocycles. The van der Waals surface area contributed by atoms with E-state index in [9.17, 15) is 4.57 Å². The maximum absolute atomic E-state index is 14.8. The second kappa shape index (κ2) is 9.62. The molecule has 5 aromatic rings. The van der Waals surface area contributed by atoms with Crippen LogP contribution in [0.3, 0.4) is 0 Å². The average Bonchev–Trinajstić information content (AvgIpc) is 3.15. The van der Waals surface area contributed by atoms with Crippen LogP contribution in [0.25, 0.3) is 22.3 Å². The van der Waals surface area contributed by atoms with Crippen molar-refractivity contribution in [2.24, 2.45) is 0 Å². The number of hydrogen-bond acceptors (Lipinski definition) is 4. The van der Waals surface area contributed by atoms with Gasteiger partial charge < -0.3 is 9.30 Å². The molecule has 0 aliphatic carbocycles. The number of fused-ring (bicyclic) bond motifs is 3. The van der Waals surface area contributed by atoms with Crippen molar-refractivity contribution in [3.63, 3.8) is 0 Å². The van der Waals surface area contributed by atoms with Crippen molar-refractivity contribution in [1.82, 2.24) is 9.97 Å². The van der Waals surface area contributed by atoms with Crippen molar-refractivity contribution in [3.8, 4) is 33.9 Å². The normalized spacial score (nSPS) is 15.5. The second-order valence-corrected chi connectivity index (χ2v) is 11.2. The van der Waals surface area contributed by atoms with E-state index in [-0.39, 0.29) is 21.1 Å². The van der Waals surface area contributed by atoms with Gasteiger partial charge in [-0.15, -0.1) is 18.2 Å². The summed E-state index contributed by atoms with van der Waals surface area (Å²) in [5.41, 5.74) is 6.07. The molecule has 6 heteroatoms. The summed E-state index contributed by atoms with van der Waals surface area (Å²) in [7, 11) is -3.17. The van der Waals surface area contributed by atoms with E-state index in [2.05, 4.69) is 22.1 Å². The van der Waals surface area contributed by atoms with E-state index in [0.717, 1.165) is 38.7 Å². The van der Waals surface area contributed by atoms with Crippen LogP contribution < -0.4 is 20.8 Å². The Labute approximate surface area is 225 Å². The number of aryl methyl sites for hydroxylation is 2. The number of aromatic nitrogens is 2. The Kier molecular flexibility index (Phi) is 6.51. The quantitative estimate of drug-likeness (QED) is 0.177. The monoisotopic (exact) mass is 667 g/mol. The summed E-state index contributed by atoms with van der Waals surface area (Å²) < 4.78 is 20.8. The third-order valence-corrected chi connectivity index (χ3v) is 9.16. The fraction of sp³-hybridized carbons (Fsp3) is 0.0667. The third kappa shape index (κ3) is 4.05. The van der Waals surface area contributed by atoms with E-state index in [1.807, 2.05) is 92.7 Å². The van der Waals surface area contributed by atoms with Crippen molar-refractivity contribution in [1.29, 1.82) is 0 Å². The van der Waals surface area contributed by atoms with Gasteiger partial charge in [0, 0.05) is 29.0 Å². The summed E-state index contributed by atoms with van der Waals surface area (Å²) >= 11 is 0. The second-order valence-electron chi connectivity index (χ2n) is 8.61. The average molecular weight is 668 g/mol. The standard InChI is InChI=1S/C30H21N2O2P.Pt/c1-20-14-16-31-29(17-20)35(33)27-11-4-3-10-25(27)26-13-12-23(19-28(26)35)22-8-5-9-24(18-22)34-30-21(2)7-6-15-32-30;/h3-17H,1-2H3;/q-2;+2. The zero-order valence-electron chi connectivity index (χ0n) is 19.6. The predicted molar refractivity (Wildman–Crippen MR) is 140 cm³/mol. The zero-order valence-corrected chi connectivity index (χ0v) is 22.8.